The van der Waals surface area contributed by atoms with Crippen molar-refractivity contribution < 1.29 is 0 Å². The van der Waals surface area contributed by atoms with Gasteiger partial charge in [-0.2, -0.15) is 5.10 Å². The molecule has 2 bridgehead atoms. The highest BCUT2D eigenvalue weighted by Crippen LogP contribution is 2.35. The van der Waals surface area contributed by atoms with E-state index >= 15 is 0 Å². The first-order valence-electron chi connectivity index (χ1n) is 6.21. The third kappa shape index (κ3) is 2.99. The lowest BCUT2D eigenvalue weighted by molar-refractivity contribution is 0.139. The van der Waals surface area contributed by atoms with Gasteiger partial charge in [-0.25, -0.2) is 0 Å². The van der Waals surface area contributed by atoms with Gasteiger partial charge in [0, 0.05) is 31.4 Å². The average Bonchev–Trinajstić information content (AvgIpc) is 2.72. The summed E-state index contributed by atoms with van der Waals surface area (Å²) >= 11 is 0. The van der Waals surface area contributed by atoms with Gasteiger partial charge in [0.25, 0.3) is 0 Å². The number of halogens is 2. The van der Waals surface area contributed by atoms with Crippen molar-refractivity contribution in [2.45, 2.75) is 32.4 Å². The topological polar surface area (TPSA) is 57.9 Å². The number of likely N-dealkylation sites (tertiary alicyclic amines) is 1. The average molecular weight is 293 g/mol. The fraction of sp³-hybridized carbons (Fsp3) is 0.750. The number of rotatable bonds is 2. The van der Waals surface area contributed by atoms with Crippen molar-refractivity contribution in [3.05, 3.63) is 17.5 Å². The van der Waals surface area contributed by atoms with Crippen molar-refractivity contribution in [1.29, 1.82) is 0 Å². The second-order valence-electron chi connectivity index (χ2n) is 5.41. The quantitative estimate of drug-likeness (QED) is 0.873. The van der Waals surface area contributed by atoms with E-state index in [1.165, 1.54) is 12.8 Å². The molecule has 0 aromatic carbocycles. The molecule has 1 aromatic rings. The lowest BCUT2D eigenvalue weighted by Gasteiger charge is -2.35. The third-order valence-corrected chi connectivity index (χ3v) is 4.13. The van der Waals surface area contributed by atoms with Crippen molar-refractivity contribution >= 4 is 24.8 Å². The molecular formula is C12H22Cl2N4. The number of fused-ring (bicyclic) bond motifs is 2. The van der Waals surface area contributed by atoms with Crippen LogP contribution in [0, 0.1) is 18.8 Å². The molecule has 2 aliphatic rings. The summed E-state index contributed by atoms with van der Waals surface area (Å²) in [5.74, 6) is 1.44. The van der Waals surface area contributed by atoms with E-state index in [2.05, 4.69) is 21.2 Å². The first-order chi connectivity index (χ1) is 7.72. The number of piperidine rings is 1. The smallest absolute Gasteiger partial charge is 0.0765 e. The number of nitrogens with zero attached hydrogens (tertiary/aromatic N) is 2. The lowest BCUT2D eigenvalue weighted by Crippen LogP contribution is -2.48. The minimum Gasteiger partial charge on any atom is -0.327 e. The number of hydrogen-bond acceptors (Lipinski definition) is 3. The Balaban J connectivity index is 0.000000810. The Hall–Kier alpha value is -0.290. The van der Waals surface area contributed by atoms with Gasteiger partial charge in [0.2, 0.25) is 0 Å². The molecule has 2 fully saturated rings. The molecule has 0 radical (unpaired) electrons. The van der Waals surface area contributed by atoms with Crippen LogP contribution in [0.2, 0.25) is 0 Å². The van der Waals surface area contributed by atoms with Gasteiger partial charge in [0.15, 0.2) is 0 Å². The van der Waals surface area contributed by atoms with E-state index in [1.807, 2.05) is 6.92 Å². The van der Waals surface area contributed by atoms with Gasteiger partial charge in [-0.05, 0) is 37.7 Å². The van der Waals surface area contributed by atoms with Crippen molar-refractivity contribution in [2.75, 3.05) is 13.1 Å². The van der Waals surface area contributed by atoms with Gasteiger partial charge < -0.3 is 5.73 Å². The maximum absolute atomic E-state index is 6.20. The Bertz CT molecular complexity index is 368. The highest BCUT2D eigenvalue weighted by molar-refractivity contribution is 5.85. The Labute approximate surface area is 121 Å². The van der Waals surface area contributed by atoms with Crippen LogP contribution >= 0.6 is 24.8 Å². The van der Waals surface area contributed by atoms with Gasteiger partial charge in [0.1, 0.15) is 0 Å². The van der Waals surface area contributed by atoms with Crippen LogP contribution in [0.4, 0.5) is 0 Å². The first kappa shape index (κ1) is 15.8. The van der Waals surface area contributed by atoms with E-state index in [-0.39, 0.29) is 24.8 Å². The molecule has 0 spiro atoms. The maximum atomic E-state index is 6.20. The monoisotopic (exact) mass is 292 g/mol. The molecule has 3 atom stereocenters. The Morgan fingerprint density at radius 3 is 2.44 bits per heavy atom. The summed E-state index contributed by atoms with van der Waals surface area (Å²) in [4.78, 5) is 2.52. The number of aromatic nitrogens is 2. The predicted octanol–water partition coefficient (Wildman–Crippen LogP) is 1.73. The van der Waals surface area contributed by atoms with Crippen molar-refractivity contribution in [2.24, 2.45) is 17.6 Å². The van der Waals surface area contributed by atoms with Crippen molar-refractivity contribution in [3.63, 3.8) is 0 Å². The zero-order chi connectivity index (χ0) is 11.1. The number of nitrogens with one attached hydrogen (secondary N) is 1. The maximum Gasteiger partial charge on any atom is 0.0765 e. The summed E-state index contributed by atoms with van der Waals surface area (Å²) in [5.41, 5.74) is 8.50. The molecule has 3 rings (SSSR count). The van der Waals surface area contributed by atoms with E-state index in [9.17, 15) is 0 Å². The molecule has 2 heterocycles. The molecule has 6 heteroatoms. The van der Waals surface area contributed by atoms with Crippen LogP contribution in [0.3, 0.4) is 0 Å². The van der Waals surface area contributed by atoms with Crippen LogP contribution in [0.1, 0.15) is 24.2 Å². The van der Waals surface area contributed by atoms with Crippen LogP contribution < -0.4 is 5.73 Å². The fourth-order valence-electron chi connectivity index (χ4n) is 3.28. The van der Waals surface area contributed by atoms with E-state index in [1.54, 1.807) is 0 Å². The molecule has 1 aliphatic heterocycles. The Kier molecular flexibility index (Phi) is 5.46. The molecule has 1 aromatic heterocycles. The van der Waals surface area contributed by atoms with E-state index in [0.717, 1.165) is 42.9 Å². The number of nitrogens with two attached hydrogens (primary N) is 1. The molecule has 104 valence electrons. The second kappa shape index (κ2) is 6.24. The molecule has 0 amide bonds. The Morgan fingerprint density at radius 1 is 1.33 bits per heavy atom. The van der Waals surface area contributed by atoms with Crippen LogP contribution in [0.5, 0.6) is 0 Å². The highest BCUT2D eigenvalue weighted by atomic mass is 35.5. The molecule has 3 N–H and O–H groups in total. The molecule has 18 heavy (non-hydrogen) atoms. The number of hydrogen-bond donors (Lipinski definition) is 2. The molecule has 1 saturated heterocycles. The normalized spacial score (nSPS) is 30.7. The first-order valence-corrected chi connectivity index (χ1v) is 6.21. The van der Waals surface area contributed by atoms with E-state index in [4.69, 9.17) is 5.73 Å². The number of aromatic amines is 1. The molecule has 1 aliphatic carbocycles. The summed E-state index contributed by atoms with van der Waals surface area (Å²) in [6.07, 6.45) is 2.64. The number of aryl methyl sites for hydroxylation is 1. The van der Waals surface area contributed by atoms with E-state index in [0.29, 0.717) is 6.04 Å². The van der Waals surface area contributed by atoms with Gasteiger partial charge >= 0.3 is 0 Å². The van der Waals surface area contributed by atoms with Crippen LogP contribution in [-0.2, 0) is 6.54 Å². The van der Waals surface area contributed by atoms with Crippen molar-refractivity contribution in [1.82, 2.24) is 15.1 Å². The predicted molar refractivity (Wildman–Crippen MR) is 77.3 cm³/mol. The molecule has 4 nitrogen and oxygen atoms in total. The van der Waals surface area contributed by atoms with Gasteiger partial charge in [0.05, 0.1) is 5.69 Å². The van der Waals surface area contributed by atoms with Crippen molar-refractivity contribution in [3.8, 4) is 0 Å². The zero-order valence-electron chi connectivity index (χ0n) is 10.6. The largest absolute Gasteiger partial charge is 0.327 e. The van der Waals surface area contributed by atoms with Gasteiger partial charge in [-0.15, -0.1) is 24.8 Å². The summed E-state index contributed by atoms with van der Waals surface area (Å²) in [5, 5.41) is 7.31. The minimum atomic E-state index is 0. The number of H-pyrrole nitrogens is 1. The summed E-state index contributed by atoms with van der Waals surface area (Å²) in [7, 11) is 0. The summed E-state index contributed by atoms with van der Waals surface area (Å²) in [6, 6.07) is 2.59. The fourth-order valence-corrected chi connectivity index (χ4v) is 3.28. The molecule has 1 saturated carbocycles. The standard InChI is InChI=1S/C12H20N4.2ClH/c1-8-4-11(15-14-8)7-16-5-9-2-3-10(6-16)12(9)13;;/h4,9-10,12H,2-3,5-7,13H2,1H3,(H,14,15);2*1H/t9-,10+,12?;;. The third-order valence-electron chi connectivity index (χ3n) is 4.13. The molecular weight excluding hydrogens is 271 g/mol. The van der Waals surface area contributed by atoms with Crippen LogP contribution in [0.15, 0.2) is 6.07 Å². The van der Waals surface area contributed by atoms with E-state index < -0.39 is 0 Å². The SMILES string of the molecule is Cc1cc(CN2C[C@H]3CC[C@@H](C2)C3N)n[nH]1.Cl.Cl. The lowest BCUT2D eigenvalue weighted by atomic mass is 9.93. The Morgan fingerprint density at radius 2 is 1.94 bits per heavy atom. The molecule has 1 unspecified atom stereocenters. The van der Waals surface area contributed by atoms with Gasteiger partial charge in [-0.1, -0.05) is 0 Å². The second-order valence-corrected chi connectivity index (χ2v) is 5.41. The summed E-state index contributed by atoms with van der Waals surface area (Å²) in [6.45, 7) is 5.34. The van der Waals surface area contributed by atoms with Gasteiger partial charge in [-0.3, -0.25) is 10.00 Å². The highest BCUT2D eigenvalue weighted by Gasteiger charge is 2.39. The minimum absolute atomic E-state index is 0. The summed E-state index contributed by atoms with van der Waals surface area (Å²) < 4.78 is 0. The van der Waals surface area contributed by atoms with Crippen LogP contribution in [-0.4, -0.2) is 34.2 Å². The zero-order valence-corrected chi connectivity index (χ0v) is 12.3. The van der Waals surface area contributed by atoms with Crippen LogP contribution in [0.25, 0.3) is 0 Å².